The number of nitrogens with zero attached hydrogens (tertiary/aromatic N) is 1. The molecule has 0 unspecified atom stereocenters. The van der Waals surface area contributed by atoms with E-state index in [1.54, 1.807) is 48.5 Å². The standard InChI is InChI=1S/C14H10BrNO2/c15-13-8-4-7-12(9-13)14(17)18-16-10-11-5-2-1-3-6-11/h1-10H/b16-10-/i10D. The van der Waals surface area contributed by atoms with Crippen LogP contribution in [0.5, 0.6) is 0 Å². The Bertz CT molecular complexity index is 614. The van der Waals surface area contributed by atoms with Crippen molar-refractivity contribution in [1.29, 1.82) is 0 Å². The molecule has 0 aliphatic heterocycles. The van der Waals surface area contributed by atoms with E-state index < -0.39 is 5.97 Å². The van der Waals surface area contributed by atoms with Crippen molar-refractivity contribution >= 4 is 28.1 Å². The third-order valence-electron chi connectivity index (χ3n) is 2.14. The Morgan fingerprint density at radius 2 is 2.00 bits per heavy atom. The Kier molecular flexibility index (Phi) is 3.80. The number of benzene rings is 2. The van der Waals surface area contributed by atoms with Gasteiger partial charge in [-0.2, -0.15) is 0 Å². The van der Waals surface area contributed by atoms with Gasteiger partial charge in [0.1, 0.15) is 0 Å². The minimum atomic E-state index is -0.595. The molecule has 90 valence electrons. The van der Waals surface area contributed by atoms with Crippen LogP contribution in [0.4, 0.5) is 0 Å². The van der Waals surface area contributed by atoms with Gasteiger partial charge in [-0.1, -0.05) is 57.5 Å². The second kappa shape index (κ2) is 6.12. The number of carbonyl (C=O) groups is 1. The monoisotopic (exact) mass is 304 g/mol. The fourth-order valence-electron chi connectivity index (χ4n) is 1.30. The van der Waals surface area contributed by atoms with E-state index in [1.165, 1.54) is 0 Å². The van der Waals surface area contributed by atoms with Gasteiger partial charge in [-0.3, -0.25) is 0 Å². The fourth-order valence-corrected chi connectivity index (χ4v) is 1.70. The fraction of sp³-hybridized carbons (Fsp3) is 0. The Hall–Kier alpha value is -1.94. The molecule has 0 saturated carbocycles. The number of carbonyl (C=O) groups excluding carboxylic acids is 1. The summed E-state index contributed by atoms with van der Waals surface area (Å²) in [6.45, 7) is 0. The van der Waals surface area contributed by atoms with Crippen LogP contribution in [0.3, 0.4) is 0 Å². The predicted molar refractivity (Wildman–Crippen MR) is 73.6 cm³/mol. The lowest BCUT2D eigenvalue weighted by atomic mass is 10.2. The summed E-state index contributed by atoms with van der Waals surface area (Å²) in [6, 6.07) is 15.6. The van der Waals surface area contributed by atoms with Crippen LogP contribution in [0.25, 0.3) is 0 Å². The number of rotatable bonds is 3. The van der Waals surface area contributed by atoms with Gasteiger partial charge in [0, 0.05) is 4.47 Å². The summed E-state index contributed by atoms with van der Waals surface area (Å²) in [5, 5.41) is 3.52. The summed E-state index contributed by atoms with van der Waals surface area (Å²) < 4.78 is 8.45. The van der Waals surface area contributed by atoms with Gasteiger partial charge in [0.15, 0.2) is 0 Å². The molecule has 4 heteroatoms. The second-order valence-corrected chi connectivity index (χ2v) is 4.37. The van der Waals surface area contributed by atoms with E-state index in [1.807, 2.05) is 6.07 Å². The van der Waals surface area contributed by atoms with Crippen molar-refractivity contribution in [1.82, 2.24) is 0 Å². The molecule has 0 saturated heterocycles. The van der Waals surface area contributed by atoms with Crippen molar-refractivity contribution in [3.8, 4) is 0 Å². The Morgan fingerprint density at radius 1 is 1.22 bits per heavy atom. The highest BCUT2D eigenvalue weighted by molar-refractivity contribution is 9.10. The third kappa shape index (κ3) is 3.53. The summed E-state index contributed by atoms with van der Waals surface area (Å²) in [7, 11) is 0. The lowest BCUT2D eigenvalue weighted by molar-refractivity contribution is 0.0519. The first-order chi connectivity index (χ1) is 9.16. The van der Waals surface area contributed by atoms with Crippen LogP contribution in [0.15, 0.2) is 64.2 Å². The van der Waals surface area contributed by atoms with Gasteiger partial charge in [0.25, 0.3) is 0 Å². The molecular weight excluding hydrogens is 294 g/mol. The van der Waals surface area contributed by atoms with Crippen LogP contribution in [-0.2, 0) is 4.84 Å². The van der Waals surface area contributed by atoms with E-state index in [9.17, 15) is 4.79 Å². The summed E-state index contributed by atoms with van der Waals surface area (Å²) in [5.74, 6) is -0.595. The first-order valence-electron chi connectivity index (χ1n) is 5.74. The molecule has 0 aliphatic rings. The third-order valence-corrected chi connectivity index (χ3v) is 2.63. The van der Waals surface area contributed by atoms with Gasteiger partial charge in [-0.15, -0.1) is 0 Å². The highest BCUT2D eigenvalue weighted by Gasteiger charge is 2.06. The maximum absolute atomic E-state index is 11.7. The molecule has 3 nitrogen and oxygen atoms in total. The lowest BCUT2D eigenvalue weighted by Gasteiger charge is -1.98. The Morgan fingerprint density at radius 3 is 2.72 bits per heavy atom. The molecule has 0 fully saturated rings. The number of hydrogen-bond donors (Lipinski definition) is 0. The molecule has 0 amide bonds. The van der Waals surface area contributed by atoms with Gasteiger partial charge in [0.05, 0.1) is 13.1 Å². The zero-order valence-electron chi connectivity index (χ0n) is 10.3. The first kappa shape index (κ1) is 11.2. The Labute approximate surface area is 115 Å². The van der Waals surface area contributed by atoms with E-state index in [-0.39, 0.29) is 6.19 Å². The van der Waals surface area contributed by atoms with Crippen LogP contribution in [-0.4, -0.2) is 12.2 Å². The minimum absolute atomic E-state index is 0.0936. The smallest absolute Gasteiger partial charge is 0.313 e. The summed E-state index contributed by atoms with van der Waals surface area (Å²) in [5.41, 5.74) is 0.962. The van der Waals surface area contributed by atoms with Crippen LogP contribution < -0.4 is 0 Å². The summed E-state index contributed by atoms with van der Waals surface area (Å²) >= 11 is 3.27. The molecule has 0 radical (unpaired) electrons. The van der Waals surface area contributed by atoms with E-state index in [0.717, 1.165) is 4.47 Å². The van der Waals surface area contributed by atoms with Gasteiger partial charge in [-0.25, -0.2) is 4.79 Å². The average molecular weight is 305 g/mol. The molecule has 0 bridgehead atoms. The molecule has 0 aromatic heterocycles. The van der Waals surface area contributed by atoms with Crippen LogP contribution in [0.2, 0.25) is 0 Å². The van der Waals surface area contributed by atoms with Crippen LogP contribution >= 0.6 is 15.9 Å². The van der Waals surface area contributed by atoms with Crippen molar-refractivity contribution in [2.45, 2.75) is 0 Å². The summed E-state index contributed by atoms with van der Waals surface area (Å²) in [4.78, 5) is 16.4. The average Bonchev–Trinajstić information content (AvgIpc) is 2.45. The van der Waals surface area contributed by atoms with Gasteiger partial charge in [-0.05, 0) is 23.8 Å². The highest BCUT2D eigenvalue weighted by Crippen LogP contribution is 2.12. The number of oxime groups is 1. The SMILES string of the molecule is [2H]/C(=N/OC(=O)c1cccc(Br)c1)c1ccccc1. The van der Waals surface area contributed by atoms with Crippen molar-refractivity contribution in [2.24, 2.45) is 5.16 Å². The molecule has 0 heterocycles. The molecule has 18 heavy (non-hydrogen) atoms. The van der Waals surface area contributed by atoms with E-state index in [0.29, 0.717) is 11.1 Å². The van der Waals surface area contributed by atoms with Crippen LogP contribution in [0.1, 0.15) is 17.3 Å². The van der Waals surface area contributed by atoms with Crippen molar-refractivity contribution in [3.05, 3.63) is 70.2 Å². The maximum Gasteiger partial charge on any atom is 0.365 e. The van der Waals surface area contributed by atoms with E-state index in [4.69, 9.17) is 6.21 Å². The molecule has 2 aromatic rings. The number of halogens is 1. The molecular formula is C14H10BrNO2. The van der Waals surface area contributed by atoms with Gasteiger partial charge in [0.2, 0.25) is 0 Å². The normalized spacial score (nSPS) is 11.8. The van der Waals surface area contributed by atoms with Crippen molar-refractivity contribution in [3.63, 3.8) is 0 Å². The van der Waals surface area contributed by atoms with Crippen LogP contribution in [0, 0.1) is 0 Å². The quantitative estimate of drug-likeness (QED) is 0.493. The van der Waals surface area contributed by atoms with Crippen molar-refractivity contribution in [2.75, 3.05) is 0 Å². The van der Waals surface area contributed by atoms with Gasteiger partial charge < -0.3 is 4.84 Å². The second-order valence-electron chi connectivity index (χ2n) is 3.46. The lowest BCUT2D eigenvalue weighted by Crippen LogP contribution is -2.00. The topological polar surface area (TPSA) is 38.7 Å². The largest absolute Gasteiger partial charge is 0.365 e. The highest BCUT2D eigenvalue weighted by atomic mass is 79.9. The van der Waals surface area contributed by atoms with E-state index in [2.05, 4.69) is 21.1 Å². The zero-order valence-corrected chi connectivity index (χ0v) is 10.9. The molecule has 0 spiro atoms. The molecule has 2 aromatic carbocycles. The maximum atomic E-state index is 11.7. The van der Waals surface area contributed by atoms with E-state index >= 15 is 0 Å². The predicted octanol–water partition coefficient (Wildman–Crippen LogP) is 3.64. The molecule has 0 aliphatic carbocycles. The molecule has 0 atom stereocenters. The molecule has 0 N–H and O–H groups in total. The summed E-state index contributed by atoms with van der Waals surface area (Å²) in [6.07, 6.45) is -0.0936. The number of hydrogen-bond acceptors (Lipinski definition) is 3. The zero-order chi connectivity index (χ0) is 13.7. The minimum Gasteiger partial charge on any atom is -0.313 e. The van der Waals surface area contributed by atoms with Gasteiger partial charge >= 0.3 is 5.97 Å². The Balaban J connectivity index is 2.08. The molecule has 2 rings (SSSR count). The first-order valence-corrected chi connectivity index (χ1v) is 6.03. The van der Waals surface area contributed by atoms with Crippen molar-refractivity contribution < 1.29 is 11.0 Å².